The number of hydrogen-bond acceptors (Lipinski definition) is 4. The molecule has 2 amide bonds. The highest BCUT2D eigenvalue weighted by Gasteiger charge is 2.26. The number of aromatic nitrogens is 1. The Morgan fingerprint density at radius 3 is 1.90 bits per heavy atom. The highest BCUT2D eigenvalue weighted by molar-refractivity contribution is 7.07. The lowest BCUT2D eigenvalue weighted by Gasteiger charge is -2.32. The number of carbonyl (C=O) groups excluding carboxylic acids is 2. The van der Waals surface area contributed by atoms with Crippen LogP contribution in [0.5, 0.6) is 0 Å². The highest BCUT2D eigenvalue weighted by atomic mass is 32.1. The summed E-state index contributed by atoms with van der Waals surface area (Å²) in [5.41, 5.74) is 7.21. The van der Waals surface area contributed by atoms with Gasteiger partial charge in [-0.15, -0.1) is 11.3 Å². The van der Waals surface area contributed by atoms with Gasteiger partial charge in [0.25, 0.3) is 5.91 Å². The van der Waals surface area contributed by atoms with Gasteiger partial charge in [0.05, 0.1) is 17.2 Å². The summed E-state index contributed by atoms with van der Waals surface area (Å²) in [5, 5.41) is 1.98. The average Bonchev–Trinajstić information content (AvgIpc) is 3.56. The molecule has 1 aromatic heterocycles. The van der Waals surface area contributed by atoms with E-state index in [4.69, 9.17) is 0 Å². The third-order valence-electron chi connectivity index (χ3n) is 6.96. The maximum Gasteiger partial charge on any atom is 0.254 e. The molecule has 5 aromatic rings. The van der Waals surface area contributed by atoms with Crippen LogP contribution in [-0.4, -0.2) is 33.1 Å². The van der Waals surface area contributed by atoms with Crippen LogP contribution in [0.1, 0.15) is 40.0 Å². The third-order valence-corrected chi connectivity index (χ3v) is 7.54. The van der Waals surface area contributed by atoms with Gasteiger partial charge in [0, 0.05) is 29.6 Å². The summed E-state index contributed by atoms with van der Waals surface area (Å²) in [6.45, 7) is 2.78. The van der Waals surface area contributed by atoms with Crippen LogP contribution in [0.25, 0.3) is 11.3 Å². The van der Waals surface area contributed by atoms with Crippen molar-refractivity contribution in [1.29, 1.82) is 0 Å². The van der Waals surface area contributed by atoms with Gasteiger partial charge in [0.15, 0.2) is 0 Å². The Hall–Kier alpha value is -4.55. The number of carbonyl (C=O) groups is 2. The first-order valence-electron chi connectivity index (χ1n) is 13.3. The van der Waals surface area contributed by atoms with Crippen LogP contribution in [-0.2, 0) is 17.9 Å². The lowest BCUT2D eigenvalue weighted by Crippen LogP contribution is -2.43. The zero-order valence-corrected chi connectivity index (χ0v) is 23.2. The fraction of sp³-hybridized carbons (Fsp3) is 0.147. The Balaban J connectivity index is 1.42. The molecule has 0 radical (unpaired) electrons. The maximum absolute atomic E-state index is 14.0. The summed E-state index contributed by atoms with van der Waals surface area (Å²) >= 11 is 1.53. The Morgan fingerprint density at radius 1 is 0.750 bits per heavy atom. The van der Waals surface area contributed by atoms with Gasteiger partial charge in [-0.3, -0.25) is 9.59 Å². The predicted octanol–water partition coefficient (Wildman–Crippen LogP) is 7.24. The van der Waals surface area contributed by atoms with Crippen molar-refractivity contribution in [3.8, 4) is 11.3 Å². The SMILES string of the molecule is C[C@@H](c1ccccc1)N(Cc1ccccc1)C(=O)CN(Cc1ccccc1)C(=O)c1ccc(-c2cscn2)cc1. The maximum atomic E-state index is 14.0. The largest absolute Gasteiger partial charge is 0.330 e. The fourth-order valence-corrected chi connectivity index (χ4v) is 5.27. The van der Waals surface area contributed by atoms with E-state index in [1.165, 1.54) is 11.3 Å². The molecule has 200 valence electrons. The monoisotopic (exact) mass is 545 g/mol. The molecule has 0 saturated heterocycles. The second kappa shape index (κ2) is 13.0. The van der Waals surface area contributed by atoms with Gasteiger partial charge in [-0.1, -0.05) is 103 Å². The van der Waals surface area contributed by atoms with Crippen LogP contribution in [0.2, 0.25) is 0 Å². The smallest absolute Gasteiger partial charge is 0.254 e. The molecule has 0 unspecified atom stereocenters. The van der Waals surface area contributed by atoms with Crippen molar-refractivity contribution in [3.05, 3.63) is 148 Å². The van der Waals surface area contributed by atoms with E-state index in [9.17, 15) is 9.59 Å². The predicted molar refractivity (Wildman–Crippen MR) is 161 cm³/mol. The van der Waals surface area contributed by atoms with E-state index in [0.29, 0.717) is 18.7 Å². The van der Waals surface area contributed by atoms with E-state index in [1.54, 1.807) is 10.4 Å². The summed E-state index contributed by atoms with van der Waals surface area (Å²) in [6.07, 6.45) is 0. The van der Waals surface area contributed by atoms with E-state index < -0.39 is 0 Å². The number of amides is 2. The number of nitrogens with zero attached hydrogens (tertiary/aromatic N) is 3. The molecule has 0 bridgehead atoms. The van der Waals surface area contributed by atoms with Crippen molar-refractivity contribution < 1.29 is 9.59 Å². The lowest BCUT2D eigenvalue weighted by atomic mass is 10.1. The molecule has 0 aliphatic carbocycles. The summed E-state index contributed by atoms with van der Waals surface area (Å²) in [5.74, 6) is -0.294. The van der Waals surface area contributed by atoms with Crippen molar-refractivity contribution in [2.45, 2.75) is 26.1 Å². The van der Waals surface area contributed by atoms with Gasteiger partial charge in [-0.05, 0) is 35.7 Å². The summed E-state index contributed by atoms with van der Waals surface area (Å²) in [4.78, 5) is 35.7. The first-order chi connectivity index (χ1) is 19.6. The van der Waals surface area contributed by atoms with Crippen molar-refractivity contribution in [2.75, 3.05) is 6.54 Å². The quantitative estimate of drug-likeness (QED) is 0.186. The van der Waals surface area contributed by atoms with Gasteiger partial charge in [0.2, 0.25) is 5.91 Å². The lowest BCUT2D eigenvalue weighted by molar-refractivity contribution is -0.135. The second-order valence-corrected chi connectivity index (χ2v) is 10.4. The van der Waals surface area contributed by atoms with Gasteiger partial charge < -0.3 is 9.80 Å². The number of rotatable bonds is 10. The topological polar surface area (TPSA) is 53.5 Å². The molecular weight excluding hydrogens is 514 g/mol. The molecule has 6 heteroatoms. The minimum absolute atomic E-state index is 0.0361. The van der Waals surface area contributed by atoms with Crippen molar-refractivity contribution >= 4 is 23.2 Å². The minimum atomic E-state index is -0.186. The van der Waals surface area contributed by atoms with Crippen molar-refractivity contribution in [1.82, 2.24) is 14.8 Å². The van der Waals surface area contributed by atoms with E-state index >= 15 is 0 Å². The second-order valence-electron chi connectivity index (χ2n) is 9.69. The standard InChI is InChI=1S/C34H31N3O2S/c1-26(29-15-9-4-10-16-29)37(22-28-13-7-3-8-14-28)33(38)23-36(21-27-11-5-2-6-12-27)34(39)31-19-17-30(18-20-31)32-24-40-25-35-32/h2-20,24-26H,21-23H2,1H3/t26-/m0/s1. The minimum Gasteiger partial charge on any atom is -0.330 e. The normalized spacial score (nSPS) is 11.5. The molecular formula is C34H31N3O2S. The fourth-order valence-electron chi connectivity index (χ4n) is 4.71. The summed E-state index contributed by atoms with van der Waals surface area (Å²) in [6, 6.07) is 37.0. The van der Waals surface area contributed by atoms with Crippen LogP contribution < -0.4 is 0 Å². The number of thiazole rings is 1. The van der Waals surface area contributed by atoms with E-state index in [-0.39, 0.29) is 24.4 Å². The van der Waals surface area contributed by atoms with E-state index in [2.05, 4.69) is 4.98 Å². The van der Waals surface area contributed by atoms with Crippen LogP contribution in [0.15, 0.2) is 126 Å². The Kier molecular flexibility index (Phi) is 8.79. The number of hydrogen-bond donors (Lipinski definition) is 0. The molecule has 5 nitrogen and oxygen atoms in total. The van der Waals surface area contributed by atoms with Gasteiger partial charge in [0.1, 0.15) is 6.54 Å². The summed E-state index contributed by atoms with van der Waals surface area (Å²) in [7, 11) is 0. The van der Waals surface area contributed by atoms with E-state index in [0.717, 1.165) is 27.9 Å². The molecule has 0 saturated carbocycles. The molecule has 1 heterocycles. The molecule has 0 aliphatic rings. The average molecular weight is 546 g/mol. The zero-order valence-electron chi connectivity index (χ0n) is 22.4. The Labute approximate surface area is 239 Å². The Morgan fingerprint density at radius 2 is 1.32 bits per heavy atom. The van der Waals surface area contributed by atoms with Crippen LogP contribution >= 0.6 is 11.3 Å². The van der Waals surface area contributed by atoms with Gasteiger partial charge >= 0.3 is 0 Å². The molecule has 40 heavy (non-hydrogen) atoms. The molecule has 0 fully saturated rings. The van der Waals surface area contributed by atoms with Crippen LogP contribution in [0.3, 0.4) is 0 Å². The van der Waals surface area contributed by atoms with E-state index in [1.807, 2.05) is 132 Å². The van der Waals surface area contributed by atoms with Gasteiger partial charge in [-0.25, -0.2) is 4.98 Å². The molecule has 4 aromatic carbocycles. The molecule has 0 aliphatic heterocycles. The number of benzene rings is 4. The first-order valence-corrected chi connectivity index (χ1v) is 14.2. The highest BCUT2D eigenvalue weighted by Crippen LogP contribution is 2.24. The first kappa shape index (κ1) is 27.0. The molecule has 0 N–H and O–H groups in total. The van der Waals surface area contributed by atoms with Gasteiger partial charge in [-0.2, -0.15) is 0 Å². The van der Waals surface area contributed by atoms with Crippen LogP contribution in [0, 0.1) is 0 Å². The molecule has 5 rings (SSSR count). The third kappa shape index (κ3) is 6.71. The summed E-state index contributed by atoms with van der Waals surface area (Å²) < 4.78 is 0. The van der Waals surface area contributed by atoms with Crippen molar-refractivity contribution in [2.24, 2.45) is 0 Å². The molecule has 0 spiro atoms. The molecule has 1 atom stereocenters. The zero-order chi connectivity index (χ0) is 27.7. The van der Waals surface area contributed by atoms with Crippen LogP contribution in [0.4, 0.5) is 0 Å². The Bertz CT molecular complexity index is 1510. The van der Waals surface area contributed by atoms with Crippen molar-refractivity contribution in [3.63, 3.8) is 0 Å².